The molecule has 0 aliphatic carbocycles. The molecular weight excluding hydrogens is 352 g/mol. The predicted octanol–water partition coefficient (Wildman–Crippen LogP) is 4.74. The molecule has 0 amide bonds. The summed E-state index contributed by atoms with van der Waals surface area (Å²) in [5.74, 6) is 0.896. The van der Waals surface area contributed by atoms with Crippen molar-refractivity contribution in [3.63, 3.8) is 0 Å². The number of nitrogens with zero attached hydrogens (tertiary/aromatic N) is 2. The fourth-order valence-electron chi connectivity index (χ4n) is 2.64. The summed E-state index contributed by atoms with van der Waals surface area (Å²) in [7, 11) is 0. The number of rotatable bonds is 3. The highest BCUT2D eigenvalue weighted by atomic mass is 79.9. The topological polar surface area (TPSA) is 27.1 Å². The minimum Gasteiger partial charge on any atom is -0.371 e. The van der Waals surface area contributed by atoms with Crippen molar-refractivity contribution in [1.82, 2.24) is 9.55 Å². The standard InChI is InChI=1S/C16H14BrClN2O/c1-3-4-12(10(2)18)15-8-21-9-16-19-13-6-5-11(17)7-14(13)20(15)16/h3-7,15H,1-2,8-9H2/b12-4+. The van der Waals surface area contributed by atoms with Gasteiger partial charge >= 0.3 is 0 Å². The number of ether oxygens (including phenoxy) is 1. The highest BCUT2D eigenvalue weighted by molar-refractivity contribution is 9.10. The molecule has 2 heterocycles. The lowest BCUT2D eigenvalue weighted by atomic mass is 10.1. The molecule has 3 nitrogen and oxygen atoms in total. The summed E-state index contributed by atoms with van der Waals surface area (Å²) >= 11 is 9.68. The van der Waals surface area contributed by atoms with Gasteiger partial charge in [0.05, 0.1) is 23.7 Å². The first kappa shape index (κ1) is 14.6. The quantitative estimate of drug-likeness (QED) is 0.735. The zero-order valence-electron chi connectivity index (χ0n) is 11.4. The zero-order valence-corrected chi connectivity index (χ0v) is 13.7. The second kappa shape index (κ2) is 5.79. The van der Waals surface area contributed by atoms with Crippen LogP contribution in [0.1, 0.15) is 11.9 Å². The van der Waals surface area contributed by atoms with Crippen molar-refractivity contribution < 1.29 is 4.74 Å². The van der Waals surface area contributed by atoms with Gasteiger partial charge in [0.25, 0.3) is 0 Å². The van der Waals surface area contributed by atoms with Gasteiger partial charge in [-0.1, -0.05) is 52.8 Å². The van der Waals surface area contributed by atoms with Crippen LogP contribution >= 0.6 is 27.5 Å². The van der Waals surface area contributed by atoms with Crippen LogP contribution in [0.3, 0.4) is 0 Å². The van der Waals surface area contributed by atoms with Gasteiger partial charge in [-0.2, -0.15) is 0 Å². The van der Waals surface area contributed by atoms with Crippen molar-refractivity contribution in [1.29, 1.82) is 0 Å². The molecule has 21 heavy (non-hydrogen) atoms. The molecular formula is C16H14BrClN2O. The number of allylic oxidation sites excluding steroid dienone is 3. The lowest BCUT2D eigenvalue weighted by Gasteiger charge is -2.28. The first-order valence-electron chi connectivity index (χ1n) is 6.53. The molecule has 1 aromatic carbocycles. The Balaban J connectivity index is 2.23. The summed E-state index contributed by atoms with van der Waals surface area (Å²) in [4.78, 5) is 4.64. The average Bonchev–Trinajstić information content (AvgIpc) is 2.82. The molecule has 0 saturated carbocycles. The molecule has 1 aliphatic heterocycles. The monoisotopic (exact) mass is 364 g/mol. The number of hydrogen-bond acceptors (Lipinski definition) is 2. The molecule has 0 radical (unpaired) electrons. The van der Waals surface area contributed by atoms with E-state index in [1.165, 1.54) is 0 Å². The molecule has 2 aromatic rings. The molecule has 0 spiro atoms. The first-order chi connectivity index (χ1) is 10.1. The van der Waals surface area contributed by atoms with E-state index in [1.54, 1.807) is 6.08 Å². The van der Waals surface area contributed by atoms with E-state index < -0.39 is 0 Å². The van der Waals surface area contributed by atoms with E-state index in [-0.39, 0.29) is 6.04 Å². The fraction of sp³-hybridized carbons (Fsp3) is 0.188. The van der Waals surface area contributed by atoms with Crippen LogP contribution in [-0.2, 0) is 11.3 Å². The zero-order chi connectivity index (χ0) is 15.0. The number of halogens is 2. The second-order valence-electron chi connectivity index (χ2n) is 4.82. The molecule has 1 aromatic heterocycles. The van der Waals surface area contributed by atoms with Gasteiger partial charge in [0.15, 0.2) is 0 Å². The third-order valence-electron chi connectivity index (χ3n) is 3.51. The van der Waals surface area contributed by atoms with E-state index >= 15 is 0 Å². The Bertz CT molecular complexity index is 763. The molecule has 0 saturated heterocycles. The SMILES string of the molecule is C=C/C=C(\C(=C)Cl)C1COCc2nc3ccc(Br)cc3n21. The smallest absolute Gasteiger partial charge is 0.136 e. The average molecular weight is 366 g/mol. The van der Waals surface area contributed by atoms with Crippen molar-refractivity contribution in [2.45, 2.75) is 12.6 Å². The Morgan fingerprint density at radius 2 is 2.33 bits per heavy atom. The molecule has 108 valence electrons. The van der Waals surface area contributed by atoms with E-state index in [9.17, 15) is 0 Å². The lowest BCUT2D eigenvalue weighted by Crippen LogP contribution is -2.25. The Hall–Kier alpha value is -1.36. The van der Waals surface area contributed by atoms with Gasteiger partial charge in [-0.25, -0.2) is 4.98 Å². The molecule has 0 N–H and O–H groups in total. The normalized spacial score (nSPS) is 18.6. The summed E-state index contributed by atoms with van der Waals surface area (Å²) in [5.41, 5.74) is 2.90. The predicted molar refractivity (Wildman–Crippen MR) is 89.4 cm³/mol. The van der Waals surface area contributed by atoms with Gasteiger partial charge in [-0.3, -0.25) is 0 Å². The first-order valence-corrected chi connectivity index (χ1v) is 7.70. The van der Waals surface area contributed by atoms with Crippen molar-refractivity contribution in [3.05, 3.63) is 64.4 Å². The number of hydrogen-bond donors (Lipinski definition) is 0. The van der Waals surface area contributed by atoms with Crippen molar-refractivity contribution >= 4 is 38.6 Å². The number of imidazole rings is 1. The third kappa shape index (κ3) is 2.59. The van der Waals surface area contributed by atoms with E-state index in [2.05, 4.69) is 44.7 Å². The van der Waals surface area contributed by atoms with Gasteiger partial charge in [0.1, 0.15) is 12.4 Å². The maximum atomic E-state index is 6.16. The van der Waals surface area contributed by atoms with Gasteiger partial charge in [-0.05, 0) is 23.8 Å². The maximum absolute atomic E-state index is 6.16. The molecule has 0 bridgehead atoms. The Kier molecular flexibility index (Phi) is 4.02. The van der Waals surface area contributed by atoms with Crippen molar-refractivity contribution in [2.24, 2.45) is 0 Å². The summed E-state index contributed by atoms with van der Waals surface area (Å²) in [6.07, 6.45) is 3.59. The summed E-state index contributed by atoms with van der Waals surface area (Å²) in [6, 6.07) is 6.00. The van der Waals surface area contributed by atoms with Crippen molar-refractivity contribution in [2.75, 3.05) is 6.61 Å². The van der Waals surface area contributed by atoms with Gasteiger partial charge in [-0.15, -0.1) is 0 Å². The Labute approximate surface area is 136 Å². The van der Waals surface area contributed by atoms with Crippen LogP contribution in [0.25, 0.3) is 11.0 Å². The van der Waals surface area contributed by atoms with Crippen LogP contribution < -0.4 is 0 Å². The van der Waals surface area contributed by atoms with E-state index in [0.29, 0.717) is 18.2 Å². The molecule has 1 aliphatic rings. The molecule has 5 heteroatoms. The van der Waals surface area contributed by atoms with Gasteiger partial charge < -0.3 is 9.30 Å². The van der Waals surface area contributed by atoms with Gasteiger partial charge in [0, 0.05) is 9.51 Å². The van der Waals surface area contributed by atoms with Crippen molar-refractivity contribution in [3.8, 4) is 0 Å². The van der Waals surface area contributed by atoms with Crippen LogP contribution in [-0.4, -0.2) is 16.2 Å². The molecule has 0 fully saturated rings. The second-order valence-corrected chi connectivity index (χ2v) is 6.20. The number of aromatic nitrogens is 2. The van der Waals surface area contributed by atoms with E-state index in [4.69, 9.17) is 16.3 Å². The molecule has 1 unspecified atom stereocenters. The van der Waals surface area contributed by atoms with Gasteiger partial charge in [0.2, 0.25) is 0 Å². The van der Waals surface area contributed by atoms with E-state index in [1.807, 2.05) is 18.2 Å². The number of benzene rings is 1. The van der Waals surface area contributed by atoms with Crippen LogP contribution in [0.4, 0.5) is 0 Å². The summed E-state index contributed by atoms with van der Waals surface area (Å²) in [5, 5.41) is 0.494. The summed E-state index contributed by atoms with van der Waals surface area (Å²) in [6.45, 7) is 8.64. The molecule has 1 atom stereocenters. The largest absolute Gasteiger partial charge is 0.371 e. The van der Waals surface area contributed by atoms with Crippen LogP contribution in [0.15, 0.2) is 58.6 Å². The third-order valence-corrected chi connectivity index (χ3v) is 4.22. The van der Waals surface area contributed by atoms with Crippen LogP contribution in [0, 0.1) is 0 Å². The minimum absolute atomic E-state index is 0.0453. The highest BCUT2D eigenvalue weighted by Gasteiger charge is 2.27. The van der Waals surface area contributed by atoms with E-state index in [0.717, 1.165) is 26.9 Å². The lowest BCUT2D eigenvalue weighted by molar-refractivity contribution is 0.0676. The van der Waals surface area contributed by atoms with Crippen LogP contribution in [0.5, 0.6) is 0 Å². The highest BCUT2D eigenvalue weighted by Crippen LogP contribution is 2.35. The molecule has 3 rings (SSSR count). The Morgan fingerprint density at radius 3 is 3.05 bits per heavy atom. The minimum atomic E-state index is -0.0453. The number of fused-ring (bicyclic) bond motifs is 3. The summed E-state index contributed by atoms with van der Waals surface area (Å²) < 4.78 is 8.86. The maximum Gasteiger partial charge on any atom is 0.136 e. The Morgan fingerprint density at radius 1 is 1.52 bits per heavy atom. The fourth-order valence-corrected chi connectivity index (χ4v) is 3.18. The van der Waals surface area contributed by atoms with Crippen LogP contribution in [0.2, 0.25) is 0 Å².